The Hall–Kier alpha value is -1.58. The van der Waals surface area contributed by atoms with Crippen molar-refractivity contribution in [1.29, 1.82) is 0 Å². The molecule has 0 unspecified atom stereocenters. The van der Waals surface area contributed by atoms with Gasteiger partial charge in [0.2, 0.25) is 0 Å². The van der Waals surface area contributed by atoms with Gasteiger partial charge in [-0.1, -0.05) is 31.2 Å². The van der Waals surface area contributed by atoms with Crippen LogP contribution in [-0.2, 0) is 24.5 Å². The summed E-state index contributed by atoms with van der Waals surface area (Å²) in [6.45, 7) is 5.30. The van der Waals surface area contributed by atoms with E-state index in [0.717, 1.165) is 18.8 Å². The van der Waals surface area contributed by atoms with Crippen LogP contribution in [0.3, 0.4) is 0 Å². The first kappa shape index (κ1) is 13.8. The van der Waals surface area contributed by atoms with Gasteiger partial charge in [-0.05, 0) is 36.2 Å². The van der Waals surface area contributed by atoms with E-state index >= 15 is 0 Å². The van der Waals surface area contributed by atoms with Crippen molar-refractivity contribution in [3.05, 3.63) is 59.5 Å². The fourth-order valence-electron chi connectivity index (χ4n) is 1.83. The lowest BCUT2D eigenvalue weighted by Gasteiger charge is -2.06. The second-order valence-electron chi connectivity index (χ2n) is 4.57. The normalized spacial score (nSPS) is 10.8. The van der Waals surface area contributed by atoms with Crippen LogP contribution in [0.5, 0.6) is 0 Å². The van der Waals surface area contributed by atoms with Crippen molar-refractivity contribution in [2.75, 3.05) is 6.54 Å². The molecule has 1 N–H and O–H groups in total. The third kappa shape index (κ3) is 4.89. The van der Waals surface area contributed by atoms with E-state index in [4.69, 9.17) is 9.15 Å². The van der Waals surface area contributed by atoms with Crippen LogP contribution >= 0.6 is 0 Å². The third-order valence-electron chi connectivity index (χ3n) is 2.87. The van der Waals surface area contributed by atoms with E-state index < -0.39 is 0 Å². The standard InChI is InChI=1S/C16H21NO2/c1-2-9-17-11-14-5-7-15(8-6-14)12-18-13-16-4-3-10-19-16/h3-8,10,17H,2,9,11-13H2,1H3. The molecule has 0 saturated carbocycles. The maximum Gasteiger partial charge on any atom is 0.129 e. The van der Waals surface area contributed by atoms with Gasteiger partial charge in [-0.2, -0.15) is 0 Å². The highest BCUT2D eigenvalue weighted by molar-refractivity contribution is 5.21. The number of nitrogens with one attached hydrogen (secondary N) is 1. The zero-order valence-electron chi connectivity index (χ0n) is 11.4. The first-order chi connectivity index (χ1) is 9.38. The molecular weight excluding hydrogens is 238 g/mol. The molecule has 0 fully saturated rings. The summed E-state index contributed by atoms with van der Waals surface area (Å²) in [4.78, 5) is 0. The predicted octanol–water partition coefficient (Wildman–Crippen LogP) is 3.50. The number of ether oxygens (including phenoxy) is 1. The molecule has 3 nitrogen and oxygen atoms in total. The number of furan rings is 1. The lowest BCUT2D eigenvalue weighted by molar-refractivity contribution is 0.0929. The number of hydrogen-bond donors (Lipinski definition) is 1. The summed E-state index contributed by atoms with van der Waals surface area (Å²) >= 11 is 0. The first-order valence-corrected chi connectivity index (χ1v) is 6.77. The molecule has 2 aromatic rings. The summed E-state index contributed by atoms with van der Waals surface area (Å²) in [5, 5.41) is 3.39. The van der Waals surface area contributed by atoms with Gasteiger partial charge >= 0.3 is 0 Å². The Kier molecular flexibility index (Phi) is 5.66. The average molecular weight is 259 g/mol. The van der Waals surface area contributed by atoms with Crippen LogP contribution in [0.25, 0.3) is 0 Å². The molecule has 2 rings (SSSR count). The van der Waals surface area contributed by atoms with E-state index in [1.54, 1.807) is 6.26 Å². The van der Waals surface area contributed by atoms with Gasteiger partial charge in [0.15, 0.2) is 0 Å². The van der Waals surface area contributed by atoms with Gasteiger partial charge in [-0.15, -0.1) is 0 Å². The maximum atomic E-state index is 5.59. The average Bonchev–Trinajstić information content (AvgIpc) is 2.94. The molecule has 0 radical (unpaired) electrons. The van der Waals surface area contributed by atoms with Gasteiger partial charge in [-0.25, -0.2) is 0 Å². The van der Waals surface area contributed by atoms with Gasteiger partial charge < -0.3 is 14.5 Å². The second-order valence-corrected chi connectivity index (χ2v) is 4.57. The highest BCUT2D eigenvalue weighted by Crippen LogP contribution is 2.08. The number of benzene rings is 1. The van der Waals surface area contributed by atoms with Crippen LogP contribution in [0.4, 0.5) is 0 Å². The fourth-order valence-corrected chi connectivity index (χ4v) is 1.83. The van der Waals surface area contributed by atoms with Gasteiger partial charge in [0.1, 0.15) is 12.4 Å². The van der Waals surface area contributed by atoms with E-state index in [0.29, 0.717) is 13.2 Å². The summed E-state index contributed by atoms with van der Waals surface area (Å²) in [7, 11) is 0. The van der Waals surface area contributed by atoms with Crippen LogP contribution in [-0.4, -0.2) is 6.54 Å². The van der Waals surface area contributed by atoms with Gasteiger partial charge in [-0.3, -0.25) is 0 Å². The molecule has 0 amide bonds. The van der Waals surface area contributed by atoms with Crippen molar-refractivity contribution in [2.45, 2.75) is 33.1 Å². The minimum Gasteiger partial charge on any atom is -0.467 e. The Balaban J connectivity index is 1.72. The highest BCUT2D eigenvalue weighted by Gasteiger charge is 1.98. The molecule has 0 aliphatic rings. The van der Waals surface area contributed by atoms with Crippen molar-refractivity contribution in [3.8, 4) is 0 Å². The summed E-state index contributed by atoms with van der Waals surface area (Å²) in [5.74, 6) is 0.861. The van der Waals surface area contributed by atoms with Crippen LogP contribution in [0, 0.1) is 0 Å². The molecular formula is C16H21NO2. The Labute approximate surface area is 114 Å². The van der Waals surface area contributed by atoms with E-state index in [1.165, 1.54) is 17.5 Å². The van der Waals surface area contributed by atoms with Crippen molar-refractivity contribution >= 4 is 0 Å². The number of rotatable bonds is 8. The Bertz CT molecular complexity index is 448. The molecule has 102 valence electrons. The van der Waals surface area contributed by atoms with Crippen molar-refractivity contribution in [2.24, 2.45) is 0 Å². The molecule has 0 aliphatic heterocycles. The van der Waals surface area contributed by atoms with E-state index in [1.807, 2.05) is 12.1 Å². The van der Waals surface area contributed by atoms with E-state index in [2.05, 4.69) is 36.5 Å². The molecule has 0 atom stereocenters. The maximum absolute atomic E-state index is 5.59. The minimum absolute atomic E-state index is 0.521. The van der Waals surface area contributed by atoms with Gasteiger partial charge in [0.25, 0.3) is 0 Å². The predicted molar refractivity (Wildman–Crippen MR) is 75.6 cm³/mol. The summed E-state index contributed by atoms with van der Waals surface area (Å²) in [6, 6.07) is 12.3. The molecule has 0 aliphatic carbocycles. The first-order valence-electron chi connectivity index (χ1n) is 6.77. The largest absolute Gasteiger partial charge is 0.467 e. The van der Waals surface area contributed by atoms with Crippen molar-refractivity contribution in [3.63, 3.8) is 0 Å². The molecule has 1 aromatic carbocycles. The van der Waals surface area contributed by atoms with Crippen LogP contribution in [0.2, 0.25) is 0 Å². The van der Waals surface area contributed by atoms with Crippen molar-refractivity contribution < 1.29 is 9.15 Å². The van der Waals surface area contributed by atoms with Gasteiger partial charge in [0.05, 0.1) is 12.9 Å². The zero-order chi connectivity index (χ0) is 13.3. The molecule has 0 spiro atoms. The van der Waals surface area contributed by atoms with Crippen LogP contribution < -0.4 is 5.32 Å². The molecule has 3 heteroatoms. The molecule has 0 bridgehead atoms. The SMILES string of the molecule is CCCNCc1ccc(COCc2ccco2)cc1. The topological polar surface area (TPSA) is 34.4 Å². The smallest absolute Gasteiger partial charge is 0.129 e. The number of hydrogen-bond acceptors (Lipinski definition) is 3. The lowest BCUT2D eigenvalue weighted by Crippen LogP contribution is -2.13. The second kappa shape index (κ2) is 7.77. The molecule has 0 saturated heterocycles. The zero-order valence-corrected chi connectivity index (χ0v) is 11.4. The summed E-state index contributed by atoms with van der Waals surface area (Å²) in [5.41, 5.74) is 2.49. The molecule has 19 heavy (non-hydrogen) atoms. The van der Waals surface area contributed by atoms with Crippen LogP contribution in [0.1, 0.15) is 30.2 Å². The Morgan fingerprint density at radius 3 is 2.53 bits per heavy atom. The quantitative estimate of drug-likeness (QED) is 0.737. The van der Waals surface area contributed by atoms with E-state index in [9.17, 15) is 0 Å². The highest BCUT2D eigenvalue weighted by atomic mass is 16.5. The third-order valence-corrected chi connectivity index (χ3v) is 2.87. The molecule has 1 heterocycles. The van der Waals surface area contributed by atoms with Gasteiger partial charge in [0, 0.05) is 6.54 Å². The fraction of sp³-hybridized carbons (Fsp3) is 0.375. The monoisotopic (exact) mass is 259 g/mol. The van der Waals surface area contributed by atoms with Crippen LogP contribution in [0.15, 0.2) is 47.1 Å². The van der Waals surface area contributed by atoms with E-state index in [-0.39, 0.29) is 0 Å². The summed E-state index contributed by atoms with van der Waals surface area (Å²) < 4.78 is 10.8. The summed E-state index contributed by atoms with van der Waals surface area (Å²) in [6.07, 6.45) is 2.83. The Morgan fingerprint density at radius 1 is 1.05 bits per heavy atom. The molecule has 1 aromatic heterocycles. The lowest BCUT2D eigenvalue weighted by atomic mass is 10.1. The van der Waals surface area contributed by atoms with Crippen molar-refractivity contribution in [1.82, 2.24) is 5.32 Å². The minimum atomic E-state index is 0.521. The Morgan fingerprint density at radius 2 is 1.84 bits per heavy atom.